The number of benzene rings is 3. The van der Waals surface area contributed by atoms with Gasteiger partial charge in [-0.3, -0.25) is 9.59 Å². The fourth-order valence-corrected chi connectivity index (χ4v) is 5.59. The first-order chi connectivity index (χ1) is 15.2. The summed E-state index contributed by atoms with van der Waals surface area (Å²) in [4.78, 5) is 26.9. The molecule has 5 heteroatoms. The van der Waals surface area contributed by atoms with Crippen LogP contribution in [-0.2, 0) is 9.59 Å². The third-order valence-electron chi connectivity index (χ3n) is 6.86. The first-order valence-electron chi connectivity index (χ1n) is 10.4. The molecule has 4 aliphatic rings. The van der Waals surface area contributed by atoms with Gasteiger partial charge in [0.2, 0.25) is 0 Å². The minimum absolute atomic E-state index is 0.111. The zero-order valence-electron chi connectivity index (χ0n) is 16.9. The molecule has 0 spiro atoms. The first kappa shape index (κ1) is 18.1. The van der Waals surface area contributed by atoms with Gasteiger partial charge in [0.25, 0.3) is 11.8 Å². The normalized spacial score (nSPS) is 25.5. The predicted octanol–water partition coefficient (Wildman–Crippen LogP) is 3.92. The Kier molecular flexibility index (Phi) is 3.87. The second-order valence-electron chi connectivity index (χ2n) is 8.27. The Labute approximate surface area is 180 Å². The molecular weight excluding hydrogens is 388 g/mol. The molecule has 1 saturated heterocycles. The van der Waals surface area contributed by atoms with E-state index in [9.17, 15) is 9.59 Å². The van der Waals surface area contributed by atoms with Gasteiger partial charge in [-0.1, -0.05) is 48.5 Å². The quantitative estimate of drug-likeness (QED) is 0.488. The van der Waals surface area contributed by atoms with Gasteiger partial charge in [-0.15, -0.1) is 0 Å². The Morgan fingerprint density at radius 1 is 0.742 bits per heavy atom. The van der Waals surface area contributed by atoms with Crippen LogP contribution in [0.5, 0.6) is 5.75 Å². The van der Waals surface area contributed by atoms with Crippen LogP contribution in [0, 0.1) is 11.8 Å². The number of rotatable bonds is 3. The Hall–Kier alpha value is -3.73. The summed E-state index contributed by atoms with van der Waals surface area (Å²) in [5.41, 5.74) is 5.44. The lowest BCUT2D eigenvalue weighted by atomic mass is 9.55. The highest BCUT2D eigenvalue weighted by atomic mass is 16.5. The maximum absolute atomic E-state index is 13.5. The van der Waals surface area contributed by atoms with Crippen LogP contribution in [0.2, 0.25) is 0 Å². The number of carbonyl (C=O) groups is 2. The van der Waals surface area contributed by atoms with Gasteiger partial charge in [-0.2, -0.15) is 10.1 Å². The Balaban J connectivity index is 1.41. The molecule has 1 aliphatic heterocycles. The molecule has 3 aromatic carbocycles. The number of carbonyl (C=O) groups excluding carboxylic acids is 2. The monoisotopic (exact) mass is 408 g/mol. The summed E-state index contributed by atoms with van der Waals surface area (Å²) in [6, 6.07) is 23.8. The van der Waals surface area contributed by atoms with Gasteiger partial charge in [0, 0.05) is 11.8 Å². The van der Waals surface area contributed by atoms with E-state index in [1.807, 2.05) is 48.5 Å². The van der Waals surface area contributed by atoms with Crippen molar-refractivity contribution in [2.45, 2.75) is 11.8 Å². The maximum Gasteiger partial charge on any atom is 0.254 e. The lowest BCUT2D eigenvalue weighted by molar-refractivity contribution is -0.139. The summed E-state index contributed by atoms with van der Waals surface area (Å²) in [5, 5.41) is 5.42. The molecule has 152 valence electrons. The van der Waals surface area contributed by atoms with Crippen LogP contribution in [0.3, 0.4) is 0 Å². The molecule has 7 rings (SSSR count). The minimum atomic E-state index is -0.407. The van der Waals surface area contributed by atoms with Crippen molar-refractivity contribution in [1.29, 1.82) is 0 Å². The van der Waals surface area contributed by atoms with Crippen LogP contribution in [0.15, 0.2) is 77.9 Å². The number of hydrogen-bond donors (Lipinski definition) is 0. The highest BCUT2D eigenvalue weighted by Gasteiger charge is 2.61. The van der Waals surface area contributed by atoms with Crippen molar-refractivity contribution in [3.05, 3.63) is 101 Å². The van der Waals surface area contributed by atoms with Gasteiger partial charge in [0.1, 0.15) is 5.75 Å². The van der Waals surface area contributed by atoms with Gasteiger partial charge in [-0.05, 0) is 52.1 Å². The summed E-state index contributed by atoms with van der Waals surface area (Å²) >= 11 is 0. The maximum atomic E-state index is 13.5. The molecule has 2 amide bonds. The van der Waals surface area contributed by atoms with Crippen molar-refractivity contribution in [2.75, 3.05) is 7.11 Å². The second kappa shape index (κ2) is 6.64. The summed E-state index contributed by atoms with van der Waals surface area (Å²) < 4.78 is 5.17. The van der Waals surface area contributed by atoms with Crippen LogP contribution in [-0.4, -0.2) is 30.1 Å². The molecule has 3 aromatic rings. The van der Waals surface area contributed by atoms with Crippen molar-refractivity contribution < 1.29 is 14.3 Å². The number of hydrazone groups is 1. The molecule has 3 aliphatic carbocycles. The van der Waals surface area contributed by atoms with E-state index in [1.54, 1.807) is 13.3 Å². The van der Waals surface area contributed by atoms with E-state index in [0.29, 0.717) is 0 Å². The zero-order valence-corrected chi connectivity index (χ0v) is 16.9. The SMILES string of the molecule is COc1ccc(/C=N\N2C(=O)[C@H]3C4c5ccccc5C(c5ccccc54)[C@@H]3C2=O)cc1. The number of nitrogens with zero attached hydrogens (tertiary/aromatic N) is 2. The number of ether oxygens (including phenoxy) is 1. The number of amides is 2. The third kappa shape index (κ3) is 2.46. The molecule has 5 nitrogen and oxygen atoms in total. The zero-order chi connectivity index (χ0) is 21.1. The van der Waals surface area contributed by atoms with E-state index in [0.717, 1.165) is 38.6 Å². The molecule has 2 atom stereocenters. The minimum Gasteiger partial charge on any atom is -0.497 e. The van der Waals surface area contributed by atoms with E-state index >= 15 is 0 Å². The molecule has 2 bridgehead atoms. The largest absolute Gasteiger partial charge is 0.497 e. The number of imide groups is 1. The van der Waals surface area contributed by atoms with Gasteiger partial charge in [0.15, 0.2) is 0 Å². The van der Waals surface area contributed by atoms with Crippen molar-refractivity contribution in [2.24, 2.45) is 16.9 Å². The molecule has 1 heterocycles. The smallest absolute Gasteiger partial charge is 0.254 e. The van der Waals surface area contributed by atoms with Crippen LogP contribution in [0.25, 0.3) is 0 Å². The molecule has 0 N–H and O–H groups in total. The van der Waals surface area contributed by atoms with Crippen LogP contribution in [0.4, 0.5) is 0 Å². The van der Waals surface area contributed by atoms with E-state index in [1.165, 1.54) is 0 Å². The molecule has 0 aromatic heterocycles. The van der Waals surface area contributed by atoms with Gasteiger partial charge < -0.3 is 4.74 Å². The van der Waals surface area contributed by atoms with E-state index in [4.69, 9.17) is 4.74 Å². The molecule has 0 saturated carbocycles. The summed E-state index contributed by atoms with van der Waals surface area (Å²) in [6.45, 7) is 0. The van der Waals surface area contributed by atoms with E-state index in [2.05, 4.69) is 29.4 Å². The lowest BCUT2D eigenvalue weighted by Crippen LogP contribution is -2.41. The average Bonchev–Trinajstić information content (AvgIpc) is 3.08. The van der Waals surface area contributed by atoms with Crippen molar-refractivity contribution >= 4 is 18.0 Å². The van der Waals surface area contributed by atoms with E-state index in [-0.39, 0.29) is 23.7 Å². The van der Waals surface area contributed by atoms with Crippen LogP contribution in [0.1, 0.15) is 39.7 Å². The summed E-state index contributed by atoms with van der Waals surface area (Å²) in [5.74, 6) is -0.716. The van der Waals surface area contributed by atoms with Crippen molar-refractivity contribution in [3.8, 4) is 5.75 Å². The fraction of sp³-hybridized carbons (Fsp3) is 0.192. The predicted molar refractivity (Wildman–Crippen MR) is 116 cm³/mol. The highest BCUT2D eigenvalue weighted by molar-refractivity contribution is 6.08. The van der Waals surface area contributed by atoms with Gasteiger partial charge in [0.05, 0.1) is 25.2 Å². The summed E-state index contributed by atoms with van der Waals surface area (Å²) in [7, 11) is 1.61. The van der Waals surface area contributed by atoms with Gasteiger partial charge >= 0.3 is 0 Å². The Bertz CT molecular complexity index is 1130. The lowest BCUT2D eigenvalue weighted by Gasteiger charge is -2.45. The standard InChI is InChI=1S/C26H20N2O3/c1-31-16-12-10-15(11-13-16)14-27-28-25(29)23-21-17-6-2-3-7-18(17)22(24(23)26(28)30)20-9-5-4-8-19(20)21/h2-14,21-24H,1H3/b27-14-/t21?,22?,23-,24-/m0/s1. The molecule has 0 unspecified atom stereocenters. The summed E-state index contributed by atoms with van der Waals surface area (Å²) in [6.07, 6.45) is 1.56. The Morgan fingerprint density at radius 2 is 1.19 bits per heavy atom. The fourth-order valence-electron chi connectivity index (χ4n) is 5.59. The molecule has 0 radical (unpaired) electrons. The van der Waals surface area contributed by atoms with Crippen molar-refractivity contribution in [3.63, 3.8) is 0 Å². The first-order valence-corrected chi connectivity index (χ1v) is 10.4. The topological polar surface area (TPSA) is 59.0 Å². The Morgan fingerprint density at radius 3 is 1.61 bits per heavy atom. The number of methoxy groups -OCH3 is 1. The second-order valence-corrected chi connectivity index (χ2v) is 8.27. The molecule has 31 heavy (non-hydrogen) atoms. The molecule has 1 fully saturated rings. The molecular formula is C26H20N2O3. The van der Waals surface area contributed by atoms with Crippen molar-refractivity contribution in [1.82, 2.24) is 5.01 Å². The van der Waals surface area contributed by atoms with Gasteiger partial charge in [-0.25, -0.2) is 0 Å². The van der Waals surface area contributed by atoms with Crippen LogP contribution < -0.4 is 4.74 Å². The van der Waals surface area contributed by atoms with E-state index < -0.39 is 11.8 Å². The highest BCUT2D eigenvalue weighted by Crippen LogP contribution is 2.60. The third-order valence-corrected chi connectivity index (χ3v) is 6.86. The number of hydrogen-bond acceptors (Lipinski definition) is 4. The van der Waals surface area contributed by atoms with Crippen LogP contribution >= 0.6 is 0 Å². The average molecular weight is 408 g/mol.